The first-order valence-electron chi connectivity index (χ1n) is 3.50. The van der Waals surface area contributed by atoms with Gasteiger partial charge in [0.1, 0.15) is 5.69 Å². The molecule has 0 aromatic carbocycles. The lowest BCUT2D eigenvalue weighted by Gasteiger charge is -1.94. The molecule has 0 saturated heterocycles. The van der Waals surface area contributed by atoms with Crippen molar-refractivity contribution in [2.75, 3.05) is 0 Å². The molecule has 0 bridgehead atoms. The fraction of sp³-hybridized carbons (Fsp3) is 0.200. The summed E-state index contributed by atoms with van der Waals surface area (Å²) in [6, 6.07) is 0. The van der Waals surface area contributed by atoms with Gasteiger partial charge >= 0.3 is 5.69 Å². The Hall–Kier alpha value is -1.34. The van der Waals surface area contributed by atoms with Gasteiger partial charge in [0.25, 0.3) is 0 Å². The molecule has 2 aromatic rings. The molecule has 74 valence electrons. The highest BCUT2D eigenvalue weighted by Crippen LogP contribution is 2.25. The van der Waals surface area contributed by atoms with Crippen LogP contribution in [0.5, 0.6) is 0 Å². The summed E-state index contributed by atoms with van der Waals surface area (Å²) in [5.41, 5.74) is -0.309. The SMILES string of the molecule is Cn1nc(Cl)c(-n2nn[nH]c2=O)c1Cl. The number of H-pyrrole nitrogens is 1. The molecule has 0 atom stereocenters. The van der Waals surface area contributed by atoms with Crippen molar-refractivity contribution in [1.82, 2.24) is 30.0 Å². The minimum atomic E-state index is -0.526. The molecule has 0 aliphatic carbocycles. The molecule has 0 radical (unpaired) electrons. The third-order valence-corrected chi connectivity index (χ3v) is 2.27. The van der Waals surface area contributed by atoms with Gasteiger partial charge in [-0.05, 0) is 10.4 Å². The first-order chi connectivity index (χ1) is 6.61. The van der Waals surface area contributed by atoms with Crippen LogP contribution in [0.25, 0.3) is 5.69 Å². The van der Waals surface area contributed by atoms with Crippen molar-refractivity contribution in [1.29, 1.82) is 0 Å². The number of nitrogens with one attached hydrogen (secondary N) is 1. The van der Waals surface area contributed by atoms with Crippen molar-refractivity contribution < 1.29 is 0 Å². The van der Waals surface area contributed by atoms with Crippen LogP contribution in [0.1, 0.15) is 0 Å². The average molecular weight is 235 g/mol. The fourth-order valence-electron chi connectivity index (χ4n) is 0.980. The predicted octanol–water partition coefficient (Wildman–Crippen LogP) is -0.00410. The summed E-state index contributed by atoms with van der Waals surface area (Å²) in [5.74, 6) is 0. The molecule has 0 fully saturated rings. The molecule has 7 nitrogen and oxygen atoms in total. The molecule has 1 N–H and O–H groups in total. The Morgan fingerprint density at radius 3 is 2.57 bits per heavy atom. The van der Waals surface area contributed by atoms with Crippen molar-refractivity contribution in [2.45, 2.75) is 0 Å². The number of rotatable bonds is 1. The Kier molecular flexibility index (Phi) is 2.05. The van der Waals surface area contributed by atoms with E-state index in [0.29, 0.717) is 0 Å². The molecule has 0 spiro atoms. The van der Waals surface area contributed by atoms with Crippen molar-refractivity contribution in [3.63, 3.8) is 0 Å². The van der Waals surface area contributed by atoms with Crippen LogP contribution >= 0.6 is 23.2 Å². The molecule has 2 heterocycles. The summed E-state index contributed by atoms with van der Waals surface area (Å²) in [6.45, 7) is 0. The molecule has 2 aromatic heterocycles. The van der Waals surface area contributed by atoms with Crippen LogP contribution in [0.3, 0.4) is 0 Å². The van der Waals surface area contributed by atoms with Crippen LogP contribution in [0, 0.1) is 0 Å². The van der Waals surface area contributed by atoms with E-state index >= 15 is 0 Å². The Labute approximate surface area is 87.2 Å². The van der Waals surface area contributed by atoms with Crippen molar-refractivity contribution in [3.8, 4) is 5.69 Å². The number of hydrogen-bond donors (Lipinski definition) is 1. The highest BCUT2D eigenvalue weighted by molar-refractivity contribution is 6.36. The van der Waals surface area contributed by atoms with Crippen LogP contribution in [-0.2, 0) is 7.05 Å². The summed E-state index contributed by atoms with van der Waals surface area (Å²) in [7, 11) is 1.60. The zero-order valence-corrected chi connectivity index (χ0v) is 8.41. The molecule has 0 aliphatic heterocycles. The number of hydrogen-bond acceptors (Lipinski definition) is 4. The normalized spacial score (nSPS) is 10.8. The maximum atomic E-state index is 11.2. The highest BCUT2D eigenvalue weighted by atomic mass is 35.5. The number of halogens is 2. The molecule has 2 rings (SSSR count). The lowest BCUT2D eigenvalue weighted by molar-refractivity contribution is 0.760. The zero-order valence-electron chi connectivity index (χ0n) is 6.90. The molecule has 0 aliphatic rings. The first kappa shape index (κ1) is 9.22. The van der Waals surface area contributed by atoms with Gasteiger partial charge in [-0.2, -0.15) is 9.78 Å². The monoisotopic (exact) mass is 234 g/mol. The van der Waals surface area contributed by atoms with Crippen LogP contribution in [0.2, 0.25) is 10.3 Å². The summed E-state index contributed by atoms with van der Waals surface area (Å²) in [6.07, 6.45) is 0. The topological polar surface area (TPSA) is 81.4 Å². The van der Waals surface area contributed by atoms with Crippen LogP contribution in [-0.4, -0.2) is 30.0 Å². The van der Waals surface area contributed by atoms with Crippen LogP contribution in [0.15, 0.2) is 4.79 Å². The van der Waals surface area contributed by atoms with E-state index in [4.69, 9.17) is 23.2 Å². The number of nitrogens with zero attached hydrogens (tertiary/aromatic N) is 5. The summed E-state index contributed by atoms with van der Waals surface area (Å²) in [5, 5.41) is 13.1. The van der Waals surface area contributed by atoms with E-state index in [1.54, 1.807) is 7.05 Å². The van der Waals surface area contributed by atoms with Gasteiger partial charge in [-0.3, -0.25) is 4.68 Å². The number of aryl methyl sites for hydroxylation is 1. The smallest absolute Gasteiger partial charge is 0.253 e. The van der Waals surface area contributed by atoms with Crippen LogP contribution < -0.4 is 5.69 Å². The van der Waals surface area contributed by atoms with Gasteiger partial charge in [-0.1, -0.05) is 23.2 Å². The quantitative estimate of drug-likeness (QED) is 0.753. The van der Waals surface area contributed by atoms with E-state index < -0.39 is 5.69 Å². The number of tetrazole rings is 1. The van der Waals surface area contributed by atoms with Gasteiger partial charge in [-0.25, -0.2) is 9.89 Å². The lowest BCUT2D eigenvalue weighted by atomic mass is 10.6. The van der Waals surface area contributed by atoms with Gasteiger partial charge in [0.2, 0.25) is 0 Å². The zero-order chi connectivity index (χ0) is 10.3. The molecule has 0 unspecified atom stereocenters. The molecular formula is C5H4Cl2N6O. The van der Waals surface area contributed by atoms with Crippen molar-refractivity contribution in [2.24, 2.45) is 7.05 Å². The third-order valence-electron chi connectivity index (χ3n) is 1.60. The van der Waals surface area contributed by atoms with Gasteiger partial charge in [0, 0.05) is 7.05 Å². The minimum absolute atomic E-state index is 0.0912. The molecule has 0 saturated carbocycles. The van der Waals surface area contributed by atoms with E-state index in [2.05, 4.69) is 20.6 Å². The van der Waals surface area contributed by atoms with E-state index in [-0.39, 0.29) is 16.0 Å². The van der Waals surface area contributed by atoms with Gasteiger partial charge < -0.3 is 0 Å². The third kappa shape index (κ3) is 1.21. The molecule has 14 heavy (non-hydrogen) atoms. The number of aromatic amines is 1. The standard InChI is InChI=1S/C5H4Cl2N6O/c1-12-4(7)2(3(6)9-12)13-5(14)8-10-11-13/h1H3,(H,8,11,14). The Balaban J connectivity index is 2.74. The van der Waals surface area contributed by atoms with Gasteiger partial charge in [0.15, 0.2) is 10.3 Å². The Bertz CT molecular complexity index is 525. The maximum Gasteiger partial charge on any atom is 0.366 e. The maximum absolute atomic E-state index is 11.2. The molecular weight excluding hydrogens is 231 g/mol. The highest BCUT2D eigenvalue weighted by Gasteiger charge is 2.17. The van der Waals surface area contributed by atoms with E-state index in [0.717, 1.165) is 4.68 Å². The predicted molar refractivity (Wildman–Crippen MR) is 48.8 cm³/mol. The van der Waals surface area contributed by atoms with Gasteiger partial charge in [-0.15, -0.1) is 0 Å². The minimum Gasteiger partial charge on any atom is -0.253 e. The second-order valence-electron chi connectivity index (χ2n) is 2.47. The number of aromatic nitrogens is 6. The van der Waals surface area contributed by atoms with E-state index in [1.165, 1.54) is 4.68 Å². The summed E-state index contributed by atoms with van der Waals surface area (Å²) >= 11 is 11.6. The second-order valence-corrected chi connectivity index (χ2v) is 3.19. The second kappa shape index (κ2) is 3.10. The molecule has 9 heteroatoms. The van der Waals surface area contributed by atoms with E-state index in [9.17, 15) is 4.79 Å². The average Bonchev–Trinajstić information content (AvgIpc) is 2.60. The van der Waals surface area contributed by atoms with Crippen molar-refractivity contribution in [3.05, 3.63) is 20.8 Å². The fourth-order valence-corrected chi connectivity index (χ4v) is 1.52. The first-order valence-corrected chi connectivity index (χ1v) is 4.25. The van der Waals surface area contributed by atoms with E-state index in [1.807, 2.05) is 0 Å². The van der Waals surface area contributed by atoms with Crippen LogP contribution in [0.4, 0.5) is 0 Å². The summed E-state index contributed by atoms with van der Waals surface area (Å²) < 4.78 is 2.28. The Morgan fingerprint density at radius 1 is 1.43 bits per heavy atom. The summed E-state index contributed by atoms with van der Waals surface area (Å²) in [4.78, 5) is 11.2. The van der Waals surface area contributed by atoms with Gasteiger partial charge in [0.05, 0.1) is 0 Å². The molecule has 0 amide bonds. The van der Waals surface area contributed by atoms with Crippen molar-refractivity contribution >= 4 is 23.2 Å². The largest absolute Gasteiger partial charge is 0.366 e. The Morgan fingerprint density at radius 2 is 2.14 bits per heavy atom. The lowest BCUT2D eigenvalue weighted by Crippen LogP contribution is -2.16.